The van der Waals surface area contributed by atoms with Gasteiger partial charge in [0.05, 0.1) is 0 Å². The van der Waals surface area contributed by atoms with Crippen molar-refractivity contribution in [2.45, 2.75) is 6.92 Å². The smallest absolute Gasteiger partial charge is 0.262 e. The van der Waals surface area contributed by atoms with Gasteiger partial charge in [-0.3, -0.25) is 4.79 Å². The molecule has 0 aliphatic carbocycles. The van der Waals surface area contributed by atoms with Crippen molar-refractivity contribution in [3.63, 3.8) is 0 Å². The summed E-state index contributed by atoms with van der Waals surface area (Å²) < 4.78 is 16.8. The lowest BCUT2D eigenvalue weighted by molar-refractivity contribution is -0.118. The van der Waals surface area contributed by atoms with Crippen molar-refractivity contribution in [2.75, 3.05) is 25.1 Å². The van der Waals surface area contributed by atoms with Crippen LogP contribution in [0, 0.1) is 6.92 Å². The minimum absolute atomic E-state index is 0.0565. The van der Waals surface area contributed by atoms with Gasteiger partial charge in [-0.05, 0) is 43.3 Å². The molecule has 0 aromatic heterocycles. The molecule has 0 heterocycles. The Balaban J connectivity index is 1.42. The summed E-state index contributed by atoms with van der Waals surface area (Å²) in [7, 11) is 0. The van der Waals surface area contributed by atoms with Gasteiger partial charge in [-0.15, -0.1) is 0 Å². The van der Waals surface area contributed by atoms with Gasteiger partial charge in [0, 0.05) is 11.8 Å². The number of hydrogen-bond donors (Lipinski definition) is 1. The third-order valence-electron chi connectivity index (χ3n) is 3.87. The van der Waals surface area contributed by atoms with Crippen molar-refractivity contribution in [3.8, 4) is 17.2 Å². The molecule has 5 heteroatoms. The van der Waals surface area contributed by atoms with Crippen LogP contribution in [0.5, 0.6) is 17.2 Å². The monoisotopic (exact) mass is 377 g/mol. The summed E-state index contributed by atoms with van der Waals surface area (Å²) in [4.78, 5) is 12.1. The van der Waals surface area contributed by atoms with Crippen molar-refractivity contribution in [2.24, 2.45) is 0 Å². The van der Waals surface area contributed by atoms with Gasteiger partial charge in [0.25, 0.3) is 5.91 Å². The summed E-state index contributed by atoms with van der Waals surface area (Å²) >= 11 is 0. The number of benzene rings is 3. The first-order chi connectivity index (χ1) is 13.7. The van der Waals surface area contributed by atoms with Gasteiger partial charge < -0.3 is 19.5 Å². The number of carbonyl (C=O) groups excluding carboxylic acids is 1. The molecule has 0 radical (unpaired) electrons. The number of para-hydroxylation sites is 1. The second-order valence-electron chi connectivity index (χ2n) is 6.19. The van der Waals surface area contributed by atoms with Gasteiger partial charge >= 0.3 is 0 Å². The summed E-state index contributed by atoms with van der Waals surface area (Å²) in [6.45, 7) is 2.78. The van der Waals surface area contributed by atoms with E-state index >= 15 is 0 Å². The van der Waals surface area contributed by atoms with Crippen LogP contribution in [0.2, 0.25) is 0 Å². The van der Waals surface area contributed by atoms with Crippen LogP contribution in [0.15, 0.2) is 78.9 Å². The Morgan fingerprint density at radius 2 is 1.39 bits per heavy atom. The summed E-state index contributed by atoms with van der Waals surface area (Å²) in [5.74, 6) is 1.90. The van der Waals surface area contributed by atoms with Crippen molar-refractivity contribution < 1.29 is 19.0 Å². The van der Waals surface area contributed by atoms with Crippen LogP contribution in [0.25, 0.3) is 0 Å². The van der Waals surface area contributed by atoms with Crippen LogP contribution >= 0.6 is 0 Å². The van der Waals surface area contributed by atoms with E-state index in [0.717, 1.165) is 11.3 Å². The number of nitrogens with one attached hydrogen (secondary N) is 1. The van der Waals surface area contributed by atoms with Gasteiger partial charge in [0.1, 0.15) is 30.5 Å². The van der Waals surface area contributed by atoms with E-state index in [4.69, 9.17) is 14.2 Å². The second kappa shape index (κ2) is 10.0. The third kappa shape index (κ3) is 6.36. The number of rotatable bonds is 9. The number of carbonyl (C=O) groups is 1. The van der Waals surface area contributed by atoms with Crippen LogP contribution in [-0.4, -0.2) is 25.7 Å². The van der Waals surface area contributed by atoms with E-state index in [-0.39, 0.29) is 12.5 Å². The largest absolute Gasteiger partial charge is 0.490 e. The SMILES string of the molecule is Cc1ccc(OCC(=O)Nc2cccc(OCCOc3ccccc3)c2)cc1. The topological polar surface area (TPSA) is 56.8 Å². The number of hydrogen-bond acceptors (Lipinski definition) is 4. The fourth-order valence-electron chi connectivity index (χ4n) is 2.48. The molecule has 0 fully saturated rings. The Bertz CT molecular complexity index is 879. The molecule has 3 rings (SSSR count). The molecule has 1 amide bonds. The number of ether oxygens (including phenoxy) is 3. The van der Waals surface area contributed by atoms with Crippen molar-refractivity contribution in [1.82, 2.24) is 0 Å². The Morgan fingerprint density at radius 3 is 2.14 bits per heavy atom. The van der Waals surface area contributed by atoms with E-state index in [0.29, 0.717) is 30.4 Å². The van der Waals surface area contributed by atoms with Gasteiger partial charge in [-0.1, -0.05) is 42.0 Å². The summed E-state index contributed by atoms with van der Waals surface area (Å²) in [6.07, 6.45) is 0. The first kappa shape index (κ1) is 19.3. The first-order valence-electron chi connectivity index (χ1n) is 9.09. The van der Waals surface area contributed by atoms with E-state index in [1.54, 1.807) is 12.1 Å². The Kier molecular flexibility index (Phi) is 6.90. The zero-order valence-electron chi connectivity index (χ0n) is 15.8. The highest BCUT2D eigenvalue weighted by Crippen LogP contribution is 2.18. The molecule has 28 heavy (non-hydrogen) atoms. The molecule has 5 nitrogen and oxygen atoms in total. The lowest BCUT2D eigenvalue weighted by Crippen LogP contribution is -2.20. The molecule has 3 aromatic carbocycles. The maximum atomic E-state index is 12.1. The van der Waals surface area contributed by atoms with Crippen LogP contribution in [0.1, 0.15) is 5.56 Å². The van der Waals surface area contributed by atoms with Gasteiger partial charge in [-0.2, -0.15) is 0 Å². The van der Waals surface area contributed by atoms with E-state index < -0.39 is 0 Å². The number of aryl methyl sites for hydroxylation is 1. The van der Waals surface area contributed by atoms with Crippen LogP contribution in [0.3, 0.4) is 0 Å². The number of anilines is 1. The quantitative estimate of drug-likeness (QED) is 0.559. The van der Waals surface area contributed by atoms with Gasteiger partial charge in [0.2, 0.25) is 0 Å². The molecule has 0 aliphatic heterocycles. The zero-order chi connectivity index (χ0) is 19.6. The molecule has 0 aliphatic rings. The molecule has 0 unspecified atom stereocenters. The maximum absolute atomic E-state index is 12.1. The molecule has 0 saturated heterocycles. The average Bonchev–Trinajstić information content (AvgIpc) is 2.72. The molecule has 1 N–H and O–H groups in total. The minimum atomic E-state index is -0.231. The molecule has 3 aromatic rings. The van der Waals surface area contributed by atoms with Crippen LogP contribution < -0.4 is 19.5 Å². The maximum Gasteiger partial charge on any atom is 0.262 e. The predicted octanol–water partition coefficient (Wildman–Crippen LogP) is 4.47. The van der Waals surface area contributed by atoms with Crippen molar-refractivity contribution >= 4 is 11.6 Å². The normalized spacial score (nSPS) is 10.2. The molecule has 0 atom stereocenters. The molecule has 0 bridgehead atoms. The Hall–Kier alpha value is -3.47. The Labute approximate surface area is 164 Å². The van der Waals surface area contributed by atoms with Crippen LogP contribution in [-0.2, 0) is 4.79 Å². The van der Waals surface area contributed by atoms with Gasteiger partial charge in [-0.25, -0.2) is 0 Å². The first-order valence-corrected chi connectivity index (χ1v) is 9.09. The fraction of sp³-hybridized carbons (Fsp3) is 0.174. The average molecular weight is 377 g/mol. The standard InChI is InChI=1S/C23H23NO4/c1-18-10-12-21(13-11-18)28-17-23(25)24-19-6-5-9-22(16-19)27-15-14-26-20-7-3-2-4-8-20/h2-13,16H,14-15,17H2,1H3,(H,24,25). The molecular formula is C23H23NO4. The second-order valence-corrected chi connectivity index (χ2v) is 6.19. The highest BCUT2D eigenvalue weighted by Gasteiger charge is 2.05. The van der Waals surface area contributed by atoms with Crippen molar-refractivity contribution in [1.29, 1.82) is 0 Å². The van der Waals surface area contributed by atoms with Crippen molar-refractivity contribution in [3.05, 3.63) is 84.4 Å². The molecular weight excluding hydrogens is 354 g/mol. The van der Waals surface area contributed by atoms with E-state index in [9.17, 15) is 4.79 Å². The van der Waals surface area contributed by atoms with Crippen LogP contribution in [0.4, 0.5) is 5.69 Å². The zero-order valence-corrected chi connectivity index (χ0v) is 15.8. The summed E-state index contributed by atoms with van der Waals surface area (Å²) in [6, 6.07) is 24.4. The molecule has 0 spiro atoms. The lowest BCUT2D eigenvalue weighted by atomic mass is 10.2. The molecule has 0 saturated carbocycles. The minimum Gasteiger partial charge on any atom is -0.490 e. The Morgan fingerprint density at radius 1 is 0.750 bits per heavy atom. The lowest BCUT2D eigenvalue weighted by Gasteiger charge is -2.11. The van der Waals surface area contributed by atoms with E-state index in [1.165, 1.54) is 0 Å². The fourth-order valence-corrected chi connectivity index (χ4v) is 2.48. The van der Waals surface area contributed by atoms with E-state index in [2.05, 4.69) is 5.32 Å². The highest BCUT2D eigenvalue weighted by atomic mass is 16.5. The molecule has 144 valence electrons. The highest BCUT2D eigenvalue weighted by molar-refractivity contribution is 5.92. The predicted molar refractivity (Wildman–Crippen MR) is 109 cm³/mol. The van der Waals surface area contributed by atoms with E-state index in [1.807, 2.05) is 73.7 Å². The summed E-state index contributed by atoms with van der Waals surface area (Å²) in [5.41, 5.74) is 1.79. The summed E-state index contributed by atoms with van der Waals surface area (Å²) in [5, 5.41) is 2.81. The number of amides is 1. The third-order valence-corrected chi connectivity index (χ3v) is 3.87. The van der Waals surface area contributed by atoms with Gasteiger partial charge in [0.15, 0.2) is 6.61 Å².